The van der Waals surface area contributed by atoms with Crippen molar-refractivity contribution in [2.24, 2.45) is 0 Å². The standard InChI is InChI=1S/C30H29N3O5S/c1-19(2)22-9-11-23(12-10-22)31-27(34)17-33-29(36)26(39-30(33)37)16-21-7-13-25(14-8-21)38-18-28(35)32-24-6-4-5-20(3)15-24/h4-16,19H,17-18H2,1-3H3,(H,31,34)(H,32,35)/b26-16+. The number of nitrogens with zero attached hydrogens (tertiary/aromatic N) is 1. The van der Waals surface area contributed by atoms with Crippen molar-refractivity contribution in [1.82, 2.24) is 4.90 Å². The van der Waals surface area contributed by atoms with E-state index in [1.807, 2.05) is 37.3 Å². The maximum absolute atomic E-state index is 12.8. The first-order valence-corrected chi connectivity index (χ1v) is 13.2. The van der Waals surface area contributed by atoms with Crippen LogP contribution in [0.1, 0.15) is 36.5 Å². The summed E-state index contributed by atoms with van der Waals surface area (Å²) in [5.74, 6) is -0.406. The number of aryl methyl sites for hydroxylation is 1. The highest BCUT2D eigenvalue weighted by Gasteiger charge is 2.36. The summed E-state index contributed by atoms with van der Waals surface area (Å²) >= 11 is 0.785. The molecule has 1 aliphatic rings. The number of carbonyl (C=O) groups excluding carboxylic acids is 4. The molecule has 1 heterocycles. The van der Waals surface area contributed by atoms with Gasteiger partial charge in [-0.2, -0.15) is 0 Å². The van der Waals surface area contributed by atoms with E-state index in [2.05, 4.69) is 24.5 Å². The fourth-order valence-electron chi connectivity index (χ4n) is 3.81. The van der Waals surface area contributed by atoms with Crippen molar-refractivity contribution in [1.29, 1.82) is 0 Å². The Balaban J connectivity index is 1.30. The molecule has 3 aromatic carbocycles. The van der Waals surface area contributed by atoms with Crippen molar-refractivity contribution in [2.45, 2.75) is 26.7 Å². The summed E-state index contributed by atoms with van der Waals surface area (Å²) in [6.45, 7) is 5.58. The third-order valence-corrected chi connectivity index (χ3v) is 6.79. The minimum atomic E-state index is -0.525. The Morgan fingerprint density at radius 2 is 1.62 bits per heavy atom. The molecule has 1 saturated heterocycles. The molecule has 0 atom stereocenters. The van der Waals surface area contributed by atoms with Crippen molar-refractivity contribution in [2.75, 3.05) is 23.8 Å². The highest BCUT2D eigenvalue weighted by molar-refractivity contribution is 8.18. The zero-order valence-electron chi connectivity index (χ0n) is 21.9. The molecule has 0 aromatic heterocycles. The quantitative estimate of drug-likeness (QED) is 0.330. The molecule has 0 saturated carbocycles. The van der Waals surface area contributed by atoms with Gasteiger partial charge in [0, 0.05) is 11.4 Å². The summed E-state index contributed by atoms with van der Waals surface area (Å²) in [6.07, 6.45) is 1.58. The van der Waals surface area contributed by atoms with Crippen molar-refractivity contribution in [3.63, 3.8) is 0 Å². The first-order valence-electron chi connectivity index (χ1n) is 12.4. The molecule has 1 aliphatic heterocycles. The number of rotatable bonds is 9. The van der Waals surface area contributed by atoms with Gasteiger partial charge in [0.25, 0.3) is 17.1 Å². The molecule has 0 spiro atoms. The average molecular weight is 544 g/mol. The second kappa shape index (κ2) is 12.4. The molecular weight excluding hydrogens is 514 g/mol. The minimum absolute atomic E-state index is 0.157. The fraction of sp³-hybridized carbons (Fsp3) is 0.200. The van der Waals surface area contributed by atoms with E-state index in [1.54, 1.807) is 48.5 Å². The van der Waals surface area contributed by atoms with E-state index in [0.717, 1.165) is 27.8 Å². The molecule has 0 aliphatic carbocycles. The van der Waals surface area contributed by atoms with E-state index in [9.17, 15) is 19.2 Å². The monoisotopic (exact) mass is 543 g/mol. The van der Waals surface area contributed by atoms with Gasteiger partial charge < -0.3 is 15.4 Å². The van der Waals surface area contributed by atoms with Crippen molar-refractivity contribution < 1.29 is 23.9 Å². The van der Waals surface area contributed by atoms with E-state index in [-0.39, 0.29) is 24.0 Å². The van der Waals surface area contributed by atoms with Gasteiger partial charge >= 0.3 is 0 Å². The molecule has 1 fully saturated rings. The zero-order chi connectivity index (χ0) is 27.9. The molecule has 39 heavy (non-hydrogen) atoms. The van der Waals surface area contributed by atoms with Crippen LogP contribution in [0.5, 0.6) is 5.75 Å². The van der Waals surface area contributed by atoms with Crippen LogP contribution in [-0.4, -0.2) is 41.0 Å². The summed E-state index contributed by atoms with van der Waals surface area (Å²) < 4.78 is 5.55. The zero-order valence-corrected chi connectivity index (χ0v) is 22.7. The first-order chi connectivity index (χ1) is 18.7. The number of amides is 4. The first kappa shape index (κ1) is 27.7. The SMILES string of the molecule is Cc1cccc(NC(=O)COc2ccc(/C=C3/SC(=O)N(CC(=O)Nc4ccc(C(C)C)cc4)C3=O)cc2)c1. The van der Waals surface area contributed by atoms with Crippen molar-refractivity contribution >= 4 is 52.2 Å². The molecule has 8 nitrogen and oxygen atoms in total. The molecule has 3 aromatic rings. The summed E-state index contributed by atoms with van der Waals surface area (Å²) in [6, 6.07) is 21.7. The van der Waals surface area contributed by atoms with E-state index in [1.165, 1.54) is 0 Å². The number of carbonyl (C=O) groups is 4. The van der Waals surface area contributed by atoms with Crippen molar-refractivity contribution in [3.05, 3.63) is 94.4 Å². The van der Waals surface area contributed by atoms with Crippen LogP contribution in [0.25, 0.3) is 6.08 Å². The lowest BCUT2D eigenvalue weighted by Gasteiger charge is -2.13. The van der Waals surface area contributed by atoms with Crippen LogP contribution in [0, 0.1) is 6.92 Å². The maximum atomic E-state index is 12.8. The Bertz CT molecular complexity index is 1420. The lowest BCUT2D eigenvalue weighted by Crippen LogP contribution is -2.36. The second-order valence-electron chi connectivity index (χ2n) is 9.37. The topological polar surface area (TPSA) is 105 Å². The van der Waals surface area contributed by atoms with Gasteiger partial charge in [-0.05, 0) is 83.8 Å². The number of nitrogens with one attached hydrogen (secondary N) is 2. The van der Waals surface area contributed by atoms with Gasteiger partial charge in [-0.25, -0.2) is 0 Å². The third-order valence-electron chi connectivity index (χ3n) is 5.89. The molecule has 4 amide bonds. The smallest absolute Gasteiger partial charge is 0.294 e. The molecular formula is C30H29N3O5S. The molecule has 0 bridgehead atoms. The van der Waals surface area contributed by atoms with Gasteiger partial charge in [0.05, 0.1) is 4.91 Å². The van der Waals surface area contributed by atoms with Crippen LogP contribution in [0.15, 0.2) is 77.7 Å². The number of anilines is 2. The number of ether oxygens (including phenoxy) is 1. The highest BCUT2D eigenvalue weighted by atomic mass is 32.2. The van der Waals surface area contributed by atoms with Crippen LogP contribution < -0.4 is 15.4 Å². The number of hydrogen-bond donors (Lipinski definition) is 2. The Kier molecular flexibility index (Phi) is 8.83. The van der Waals surface area contributed by atoms with Crippen LogP contribution in [0.2, 0.25) is 0 Å². The third kappa shape index (κ3) is 7.58. The van der Waals surface area contributed by atoms with Gasteiger partial charge in [0.2, 0.25) is 5.91 Å². The molecule has 4 rings (SSSR count). The fourth-order valence-corrected chi connectivity index (χ4v) is 4.65. The van der Waals surface area contributed by atoms with E-state index >= 15 is 0 Å². The van der Waals surface area contributed by atoms with Crippen LogP contribution >= 0.6 is 11.8 Å². The largest absolute Gasteiger partial charge is 0.484 e. The van der Waals surface area contributed by atoms with E-state index < -0.39 is 17.1 Å². The van der Waals surface area contributed by atoms with E-state index in [4.69, 9.17) is 4.74 Å². The minimum Gasteiger partial charge on any atom is -0.484 e. The summed E-state index contributed by atoms with van der Waals surface area (Å²) in [4.78, 5) is 51.0. The molecule has 200 valence electrons. The van der Waals surface area contributed by atoms with Gasteiger partial charge in [-0.3, -0.25) is 24.1 Å². The van der Waals surface area contributed by atoms with Crippen LogP contribution in [0.3, 0.4) is 0 Å². The predicted molar refractivity (Wildman–Crippen MR) is 154 cm³/mol. The summed E-state index contributed by atoms with van der Waals surface area (Å²) in [5, 5.41) is 5.00. The Morgan fingerprint density at radius 3 is 2.28 bits per heavy atom. The number of imide groups is 1. The van der Waals surface area contributed by atoms with Gasteiger partial charge in [0.15, 0.2) is 6.61 Å². The number of benzene rings is 3. The van der Waals surface area contributed by atoms with Crippen LogP contribution in [0.4, 0.5) is 16.2 Å². The summed E-state index contributed by atoms with van der Waals surface area (Å²) in [7, 11) is 0. The van der Waals surface area contributed by atoms with Crippen LogP contribution in [-0.2, 0) is 14.4 Å². The Morgan fingerprint density at radius 1 is 0.923 bits per heavy atom. The molecule has 2 N–H and O–H groups in total. The Labute approximate surface area is 231 Å². The van der Waals surface area contributed by atoms with Gasteiger partial charge in [0.1, 0.15) is 12.3 Å². The van der Waals surface area contributed by atoms with Gasteiger partial charge in [-0.15, -0.1) is 0 Å². The molecule has 0 radical (unpaired) electrons. The lowest BCUT2D eigenvalue weighted by molar-refractivity contribution is -0.127. The predicted octanol–water partition coefficient (Wildman–Crippen LogP) is 5.81. The van der Waals surface area contributed by atoms with Gasteiger partial charge in [-0.1, -0.05) is 50.2 Å². The van der Waals surface area contributed by atoms with Crippen molar-refractivity contribution in [3.8, 4) is 5.75 Å². The second-order valence-corrected chi connectivity index (χ2v) is 10.4. The lowest BCUT2D eigenvalue weighted by atomic mass is 10.0. The average Bonchev–Trinajstić information content (AvgIpc) is 3.15. The van der Waals surface area contributed by atoms with E-state index in [0.29, 0.717) is 28.6 Å². The molecule has 0 unspecified atom stereocenters. The number of hydrogen-bond acceptors (Lipinski definition) is 6. The normalized spacial score (nSPS) is 14.2. The highest BCUT2D eigenvalue weighted by Crippen LogP contribution is 2.32. The maximum Gasteiger partial charge on any atom is 0.294 e. The number of thioether (sulfide) groups is 1. The summed E-state index contributed by atoms with van der Waals surface area (Å²) in [5.41, 5.74) is 4.16. The molecule has 9 heteroatoms. The Hall–Kier alpha value is -4.37.